The molecule has 0 heterocycles. The summed E-state index contributed by atoms with van der Waals surface area (Å²) in [5.74, 6) is 0. The summed E-state index contributed by atoms with van der Waals surface area (Å²) in [5.41, 5.74) is 0. The molecule has 0 aromatic carbocycles. The molecule has 0 rings (SSSR count). The Hall–Kier alpha value is 0.507. The van der Waals surface area contributed by atoms with Gasteiger partial charge in [-0.05, 0) is 0 Å². The first-order chi connectivity index (χ1) is 1.41. The van der Waals surface area contributed by atoms with Gasteiger partial charge in [0.1, 0.15) is 8.83 Å². The average Bonchev–Trinajstić information content (AvgIpc) is 0.918. The number of hydrogen-bond acceptors (Lipinski definition) is 0. The summed E-state index contributed by atoms with van der Waals surface area (Å²) in [6.07, 6.45) is 0. The lowest BCUT2D eigenvalue weighted by Crippen LogP contribution is -1.45. The van der Waals surface area contributed by atoms with Crippen LogP contribution in [0.5, 0.6) is 0 Å². The van der Waals surface area contributed by atoms with Crippen molar-refractivity contribution in [1.29, 1.82) is 0 Å². The van der Waals surface area contributed by atoms with Gasteiger partial charge in [-0.15, -0.1) is 0 Å². The Bertz CT molecular complexity index is 6.00. The van der Waals surface area contributed by atoms with Crippen molar-refractivity contribution in [2.24, 2.45) is 0 Å². The molecule has 0 saturated heterocycles. The third kappa shape index (κ3) is 22.2. The highest BCUT2D eigenvalue weighted by atomic mass is 35.6. The highest BCUT2D eigenvalue weighted by Gasteiger charge is 1.42. The largest absolute Gasteiger partial charge is 0.176 e. The maximum atomic E-state index is 5.14. The molecule has 0 fully saturated rings. The van der Waals surface area contributed by atoms with Crippen LogP contribution in [0, 0.1) is 0 Å². The van der Waals surface area contributed by atoms with Gasteiger partial charge in [0.05, 0.1) is 0 Å². The standard InChI is InChI=1S/CH5ClSi.CH4/c1-3-2;/h3H2,1H3;1H4. The van der Waals surface area contributed by atoms with Crippen molar-refractivity contribution in [2.75, 3.05) is 0 Å². The molecule has 0 saturated carbocycles. The van der Waals surface area contributed by atoms with E-state index in [4.69, 9.17) is 11.1 Å². The van der Waals surface area contributed by atoms with Gasteiger partial charge in [0.2, 0.25) is 0 Å². The van der Waals surface area contributed by atoms with Crippen molar-refractivity contribution < 1.29 is 0 Å². The number of halogens is 1. The quantitative estimate of drug-likeness (QED) is 0.312. The summed E-state index contributed by atoms with van der Waals surface area (Å²) in [7, 11) is -0.111. The molecular weight excluding hydrogens is 87.6 g/mol. The highest BCUT2D eigenvalue weighted by molar-refractivity contribution is 6.92. The Morgan fingerprint density at radius 2 is 1.75 bits per heavy atom. The van der Waals surface area contributed by atoms with Gasteiger partial charge in [-0.2, -0.15) is 11.1 Å². The molecule has 0 aromatic heterocycles. The van der Waals surface area contributed by atoms with Gasteiger partial charge in [0.25, 0.3) is 0 Å². The molecule has 0 aliphatic heterocycles. The summed E-state index contributed by atoms with van der Waals surface area (Å²) in [6.45, 7) is 2.03. The first-order valence-corrected chi connectivity index (χ1v) is 4.53. The molecule has 0 bridgehead atoms. The van der Waals surface area contributed by atoms with Crippen LogP contribution in [0.2, 0.25) is 6.55 Å². The van der Waals surface area contributed by atoms with E-state index in [0.29, 0.717) is 0 Å². The van der Waals surface area contributed by atoms with Crippen LogP contribution >= 0.6 is 11.1 Å². The topological polar surface area (TPSA) is 0 Å². The first kappa shape index (κ1) is 8.82. The van der Waals surface area contributed by atoms with Crippen LogP contribution in [0.1, 0.15) is 7.43 Å². The third-order valence-electron chi connectivity index (χ3n) is 0. The van der Waals surface area contributed by atoms with Crippen molar-refractivity contribution in [3.05, 3.63) is 0 Å². The molecular formula is C2H9ClSi. The molecule has 0 N–H and O–H groups in total. The summed E-state index contributed by atoms with van der Waals surface area (Å²) in [4.78, 5) is 0. The average molecular weight is 96.6 g/mol. The second-order valence-electron chi connectivity index (χ2n) is 0.267. The lowest BCUT2D eigenvalue weighted by atomic mass is 11.9. The second-order valence-corrected chi connectivity index (χ2v) is 2.41. The Balaban J connectivity index is 0. The zero-order chi connectivity index (χ0) is 2.71. The molecule has 0 atom stereocenters. The van der Waals surface area contributed by atoms with Crippen LogP contribution in [0.3, 0.4) is 0 Å². The Labute approximate surface area is 34.7 Å². The monoisotopic (exact) mass is 96.0 g/mol. The van der Waals surface area contributed by atoms with E-state index in [1.54, 1.807) is 0 Å². The van der Waals surface area contributed by atoms with Crippen LogP contribution in [-0.4, -0.2) is 8.83 Å². The summed E-state index contributed by atoms with van der Waals surface area (Å²) in [6, 6.07) is 0. The van der Waals surface area contributed by atoms with Crippen molar-refractivity contribution in [3.8, 4) is 0 Å². The normalized spacial score (nSPS) is 7.50. The van der Waals surface area contributed by atoms with Crippen molar-refractivity contribution in [1.82, 2.24) is 0 Å². The van der Waals surface area contributed by atoms with Gasteiger partial charge < -0.3 is 0 Å². The fourth-order valence-electron chi connectivity index (χ4n) is 0. The maximum Gasteiger partial charge on any atom is 0.122 e. The van der Waals surface area contributed by atoms with Crippen molar-refractivity contribution in [3.63, 3.8) is 0 Å². The van der Waals surface area contributed by atoms with Crippen molar-refractivity contribution >= 4 is 19.9 Å². The van der Waals surface area contributed by atoms with E-state index in [-0.39, 0.29) is 16.3 Å². The van der Waals surface area contributed by atoms with Gasteiger partial charge >= 0.3 is 0 Å². The zero-order valence-electron chi connectivity index (χ0n) is 2.09. The molecule has 0 spiro atoms. The van der Waals surface area contributed by atoms with E-state index in [0.717, 1.165) is 0 Å². The molecule has 0 unspecified atom stereocenters. The van der Waals surface area contributed by atoms with Gasteiger partial charge in [-0.3, -0.25) is 0 Å². The van der Waals surface area contributed by atoms with Crippen LogP contribution in [0.4, 0.5) is 0 Å². The van der Waals surface area contributed by atoms with E-state index in [1.165, 1.54) is 0 Å². The molecule has 28 valence electrons. The van der Waals surface area contributed by atoms with Gasteiger partial charge in [-0.25, -0.2) is 0 Å². The second kappa shape index (κ2) is 9.71. The Morgan fingerprint density at radius 3 is 1.75 bits per heavy atom. The van der Waals surface area contributed by atoms with Crippen LogP contribution in [-0.2, 0) is 0 Å². The SMILES string of the molecule is C.C[SiH2]Cl. The lowest BCUT2D eigenvalue weighted by Gasteiger charge is -1.42. The molecule has 0 aliphatic rings. The van der Waals surface area contributed by atoms with Crippen LogP contribution in [0.25, 0.3) is 0 Å². The van der Waals surface area contributed by atoms with E-state index in [2.05, 4.69) is 0 Å². The summed E-state index contributed by atoms with van der Waals surface area (Å²) >= 11 is 5.14. The van der Waals surface area contributed by atoms with E-state index in [1.807, 2.05) is 6.55 Å². The fraction of sp³-hybridized carbons (Fsp3) is 1.00. The number of rotatable bonds is 0. The molecule has 0 nitrogen and oxygen atoms in total. The minimum Gasteiger partial charge on any atom is -0.176 e. The maximum absolute atomic E-state index is 5.14. The molecule has 0 radical (unpaired) electrons. The van der Waals surface area contributed by atoms with Gasteiger partial charge in [0, 0.05) is 0 Å². The highest BCUT2D eigenvalue weighted by Crippen LogP contribution is 1.54. The third-order valence-corrected chi connectivity index (χ3v) is 0. The summed E-state index contributed by atoms with van der Waals surface area (Å²) in [5, 5.41) is 0. The Kier molecular flexibility index (Phi) is 21.4. The molecule has 4 heavy (non-hydrogen) atoms. The van der Waals surface area contributed by atoms with E-state index >= 15 is 0 Å². The minimum absolute atomic E-state index is 0. The molecule has 0 amide bonds. The van der Waals surface area contributed by atoms with Crippen LogP contribution < -0.4 is 0 Å². The Morgan fingerprint density at radius 1 is 1.75 bits per heavy atom. The summed E-state index contributed by atoms with van der Waals surface area (Å²) < 4.78 is 0. The number of hydrogen-bond donors (Lipinski definition) is 0. The lowest BCUT2D eigenvalue weighted by molar-refractivity contribution is 2.37. The zero-order valence-corrected chi connectivity index (χ0v) is 4.26. The smallest absolute Gasteiger partial charge is 0.122 e. The van der Waals surface area contributed by atoms with E-state index in [9.17, 15) is 0 Å². The first-order valence-electron chi connectivity index (χ1n) is 0.974. The van der Waals surface area contributed by atoms with Crippen LogP contribution in [0.15, 0.2) is 0 Å². The molecule has 2 heteroatoms. The van der Waals surface area contributed by atoms with Gasteiger partial charge in [-0.1, -0.05) is 14.0 Å². The van der Waals surface area contributed by atoms with Crippen molar-refractivity contribution in [2.45, 2.75) is 14.0 Å². The fourth-order valence-corrected chi connectivity index (χ4v) is 0. The predicted octanol–water partition coefficient (Wildman–Crippen LogP) is 0.993. The van der Waals surface area contributed by atoms with E-state index < -0.39 is 0 Å². The molecule has 0 aliphatic carbocycles. The minimum atomic E-state index is -0.111. The van der Waals surface area contributed by atoms with Gasteiger partial charge in [0.15, 0.2) is 0 Å². The predicted molar refractivity (Wildman–Crippen MR) is 27.0 cm³/mol. The molecule has 0 aromatic rings.